The summed E-state index contributed by atoms with van der Waals surface area (Å²) in [6, 6.07) is 5.18. The van der Waals surface area contributed by atoms with Crippen molar-refractivity contribution in [2.45, 2.75) is 51.2 Å². The van der Waals surface area contributed by atoms with Crippen molar-refractivity contribution in [3.63, 3.8) is 0 Å². The molecule has 0 radical (unpaired) electrons. The van der Waals surface area contributed by atoms with E-state index in [4.69, 9.17) is 23.2 Å². The molecule has 1 amide bonds. The zero-order valence-corrected chi connectivity index (χ0v) is 19.9. The molecule has 1 saturated heterocycles. The number of hydrogen-bond acceptors (Lipinski definition) is 6. The molecule has 4 unspecified atom stereocenters. The molecule has 4 atom stereocenters. The second-order valence-corrected chi connectivity index (χ2v) is 11.1. The first-order valence-corrected chi connectivity index (χ1v) is 12.0. The van der Waals surface area contributed by atoms with Crippen LogP contribution in [-0.2, 0) is 14.4 Å². The van der Waals surface area contributed by atoms with Gasteiger partial charge in [0.2, 0.25) is 5.91 Å². The number of fused-ring (bicyclic) bond motifs is 1. The van der Waals surface area contributed by atoms with Crippen molar-refractivity contribution in [2.24, 2.45) is 11.3 Å². The molecule has 1 fully saturated rings. The maximum atomic E-state index is 13.3. The van der Waals surface area contributed by atoms with Gasteiger partial charge in [-0.2, -0.15) is 0 Å². The number of halogens is 2. The van der Waals surface area contributed by atoms with Gasteiger partial charge in [-0.25, -0.2) is 0 Å². The number of Topliss-reactive ketones (excluding diaryl/α,β-unsaturated/α-hetero) is 2. The fourth-order valence-corrected chi connectivity index (χ4v) is 6.12. The van der Waals surface area contributed by atoms with Gasteiger partial charge in [-0.15, -0.1) is 11.8 Å². The molecule has 6 nitrogen and oxygen atoms in total. The molecule has 3 aliphatic rings. The fraction of sp³-hybridized carbons (Fsp3) is 0.500. The van der Waals surface area contributed by atoms with Crippen LogP contribution in [-0.4, -0.2) is 34.9 Å². The zero-order valence-electron chi connectivity index (χ0n) is 17.6. The Kier molecular flexibility index (Phi) is 6.16. The van der Waals surface area contributed by atoms with Crippen LogP contribution in [0.15, 0.2) is 29.5 Å². The first-order valence-electron chi connectivity index (χ1n) is 10.2. The smallest absolute Gasteiger partial charge is 0.229 e. The van der Waals surface area contributed by atoms with E-state index in [-0.39, 0.29) is 22.9 Å². The van der Waals surface area contributed by atoms with E-state index < -0.39 is 23.5 Å². The summed E-state index contributed by atoms with van der Waals surface area (Å²) in [6.45, 7) is 5.66. The van der Waals surface area contributed by atoms with E-state index in [1.807, 2.05) is 0 Å². The first-order chi connectivity index (χ1) is 14.6. The van der Waals surface area contributed by atoms with Gasteiger partial charge in [-0.05, 0) is 36.5 Å². The molecule has 0 saturated carbocycles. The van der Waals surface area contributed by atoms with Gasteiger partial charge < -0.3 is 10.6 Å². The second-order valence-electron chi connectivity index (χ2n) is 9.19. The summed E-state index contributed by atoms with van der Waals surface area (Å²) in [4.78, 5) is 37.9. The molecule has 2 aliphatic heterocycles. The van der Waals surface area contributed by atoms with Crippen molar-refractivity contribution in [2.75, 3.05) is 5.75 Å². The highest BCUT2D eigenvalue weighted by molar-refractivity contribution is 8.00. The molecule has 2 heterocycles. The van der Waals surface area contributed by atoms with Crippen LogP contribution in [0.4, 0.5) is 0 Å². The minimum absolute atomic E-state index is 0.0362. The summed E-state index contributed by atoms with van der Waals surface area (Å²) in [5.41, 5.74) is 1.63. The third-order valence-corrected chi connectivity index (χ3v) is 7.66. The Labute approximate surface area is 195 Å². The summed E-state index contributed by atoms with van der Waals surface area (Å²) < 4.78 is 0. The molecule has 1 aromatic rings. The van der Waals surface area contributed by atoms with Crippen LogP contribution in [0.5, 0.6) is 0 Å². The molecule has 9 heteroatoms. The molecule has 0 spiro atoms. The number of ketones is 2. The molecular formula is C22H25Cl2N3O3S. The third kappa shape index (κ3) is 4.51. The first kappa shape index (κ1) is 22.6. The third-order valence-electron chi connectivity index (χ3n) is 5.94. The van der Waals surface area contributed by atoms with Gasteiger partial charge in [0, 0.05) is 33.7 Å². The van der Waals surface area contributed by atoms with Crippen molar-refractivity contribution in [3.05, 3.63) is 45.1 Å². The number of benzene rings is 1. The van der Waals surface area contributed by atoms with E-state index in [1.54, 1.807) is 18.2 Å². The number of nitrogens with one attached hydrogen (secondary N) is 3. The molecular weight excluding hydrogens is 457 g/mol. The summed E-state index contributed by atoms with van der Waals surface area (Å²) in [5, 5.41) is 10.7. The molecule has 166 valence electrons. The molecule has 3 N–H and O–H groups in total. The lowest BCUT2D eigenvalue weighted by Gasteiger charge is -2.48. The summed E-state index contributed by atoms with van der Waals surface area (Å²) in [6.07, 6.45) is 0.724. The number of thioether (sulfide) groups is 1. The van der Waals surface area contributed by atoms with E-state index >= 15 is 0 Å². The summed E-state index contributed by atoms with van der Waals surface area (Å²) in [5.74, 6) is -0.874. The fourth-order valence-electron chi connectivity index (χ4n) is 4.75. The Morgan fingerprint density at radius 3 is 2.61 bits per heavy atom. The Morgan fingerprint density at radius 1 is 1.19 bits per heavy atom. The highest BCUT2D eigenvalue weighted by Gasteiger charge is 2.51. The quantitative estimate of drug-likeness (QED) is 0.608. The van der Waals surface area contributed by atoms with Crippen molar-refractivity contribution in [1.82, 2.24) is 16.0 Å². The molecule has 31 heavy (non-hydrogen) atoms. The number of amides is 1. The van der Waals surface area contributed by atoms with Gasteiger partial charge in [0.1, 0.15) is 11.3 Å². The second kappa shape index (κ2) is 8.43. The van der Waals surface area contributed by atoms with Crippen LogP contribution >= 0.6 is 35.0 Å². The van der Waals surface area contributed by atoms with E-state index in [9.17, 15) is 14.4 Å². The Balaban J connectivity index is 1.78. The number of allylic oxidation sites excluding steroid dienone is 2. The summed E-state index contributed by atoms with van der Waals surface area (Å²) >= 11 is 14.0. The van der Waals surface area contributed by atoms with Gasteiger partial charge in [-0.3, -0.25) is 19.7 Å². The van der Waals surface area contributed by atoms with Gasteiger partial charge >= 0.3 is 0 Å². The van der Waals surface area contributed by atoms with Crippen LogP contribution in [0.3, 0.4) is 0 Å². The van der Waals surface area contributed by atoms with Crippen LogP contribution in [0, 0.1) is 11.3 Å². The standard InChI is InChI=1S/C22H25Cl2N3O3S/c1-10(28)9-31-21-26-19-18(20(30)27-21)16(12-5-4-11(23)6-13(12)24)17-14(25-19)7-22(2,3)8-15(17)29/h4-6,16,18-19,21,25-26H,7-9H2,1-3H3,(H,27,30). The number of carbonyl (C=O) groups excluding carboxylic acids is 3. The van der Waals surface area contributed by atoms with Gasteiger partial charge in [0.15, 0.2) is 5.78 Å². The molecule has 1 aromatic carbocycles. The molecule has 4 rings (SSSR count). The van der Waals surface area contributed by atoms with Crippen LogP contribution in [0.25, 0.3) is 0 Å². The van der Waals surface area contributed by atoms with Crippen LogP contribution in [0.1, 0.15) is 45.1 Å². The Hall–Kier alpha value is -1.54. The Morgan fingerprint density at radius 2 is 1.94 bits per heavy atom. The number of hydrogen-bond donors (Lipinski definition) is 3. The monoisotopic (exact) mass is 481 g/mol. The Bertz CT molecular complexity index is 994. The van der Waals surface area contributed by atoms with Crippen molar-refractivity contribution >= 4 is 52.4 Å². The SMILES string of the molecule is CC(=O)CSC1NC(=O)C2C(NC3=C(C(=O)CC(C)(C)C3)C2c2ccc(Cl)cc2Cl)N1. The molecule has 0 aromatic heterocycles. The largest absolute Gasteiger partial charge is 0.372 e. The minimum atomic E-state index is -0.572. The maximum Gasteiger partial charge on any atom is 0.229 e. The zero-order chi connectivity index (χ0) is 22.5. The maximum absolute atomic E-state index is 13.3. The van der Waals surface area contributed by atoms with Crippen LogP contribution < -0.4 is 16.0 Å². The predicted molar refractivity (Wildman–Crippen MR) is 123 cm³/mol. The van der Waals surface area contributed by atoms with E-state index in [1.165, 1.54) is 18.7 Å². The highest BCUT2D eigenvalue weighted by atomic mass is 35.5. The van der Waals surface area contributed by atoms with Gasteiger partial charge in [-0.1, -0.05) is 43.1 Å². The van der Waals surface area contributed by atoms with Gasteiger partial charge in [0.25, 0.3) is 0 Å². The number of carbonyl (C=O) groups is 3. The predicted octanol–water partition coefficient (Wildman–Crippen LogP) is 3.59. The summed E-state index contributed by atoms with van der Waals surface area (Å²) in [7, 11) is 0. The lowest BCUT2D eigenvalue weighted by molar-refractivity contribution is -0.130. The van der Waals surface area contributed by atoms with E-state index in [0.717, 1.165) is 11.3 Å². The lowest BCUT2D eigenvalue weighted by atomic mass is 9.66. The molecule has 1 aliphatic carbocycles. The van der Waals surface area contributed by atoms with Crippen LogP contribution in [0.2, 0.25) is 10.0 Å². The van der Waals surface area contributed by atoms with Crippen molar-refractivity contribution in [3.8, 4) is 0 Å². The van der Waals surface area contributed by atoms with Crippen molar-refractivity contribution < 1.29 is 14.4 Å². The molecule has 0 bridgehead atoms. The topological polar surface area (TPSA) is 87.3 Å². The van der Waals surface area contributed by atoms with Crippen molar-refractivity contribution in [1.29, 1.82) is 0 Å². The normalized spacial score (nSPS) is 29.6. The average molecular weight is 482 g/mol. The van der Waals surface area contributed by atoms with E-state index in [2.05, 4.69) is 29.8 Å². The lowest BCUT2D eigenvalue weighted by Crippen LogP contribution is -2.68. The van der Waals surface area contributed by atoms with Gasteiger partial charge in [0.05, 0.1) is 17.8 Å². The van der Waals surface area contributed by atoms with E-state index in [0.29, 0.717) is 34.2 Å². The highest BCUT2D eigenvalue weighted by Crippen LogP contribution is 2.49. The number of rotatable bonds is 4. The minimum Gasteiger partial charge on any atom is -0.372 e. The average Bonchev–Trinajstić information content (AvgIpc) is 2.64.